The second-order valence-corrected chi connectivity index (χ2v) is 4.28. The minimum atomic E-state index is 0.760. The monoisotopic (exact) mass is 235 g/mol. The average Bonchev–Trinajstić information content (AvgIpc) is 2.77. The number of hydrogen-bond donors (Lipinski definition) is 1. The quantitative estimate of drug-likeness (QED) is 0.606. The van der Waals surface area contributed by atoms with Gasteiger partial charge in [0.1, 0.15) is 6.33 Å². The minimum Gasteiger partial charge on any atom is -0.366 e. The van der Waals surface area contributed by atoms with Crippen LogP contribution in [0.15, 0.2) is 31.4 Å². The van der Waals surface area contributed by atoms with E-state index in [2.05, 4.69) is 27.1 Å². The predicted octanol–water partition coefficient (Wildman–Crippen LogP) is 1.46. The van der Waals surface area contributed by atoms with Gasteiger partial charge in [0.05, 0.1) is 0 Å². The summed E-state index contributed by atoms with van der Waals surface area (Å²) in [6.07, 6.45) is 7.12. The van der Waals surface area contributed by atoms with E-state index in [9.17, 15) is 0 Å². The van der Waals surface area contributed by atoms with Gasteiger partial charge in [-0.1, -0.05) is 6.08 Å². The van der Waals surface area contributed by atoms with E-state index in [0.717, 1.165) is 29.5 Å². The van der Waals surface area contributed by atoms with Crippen LogP contribution in [0.1, 0.15) is 0 Å². The smallest absolute Gasteiger partial charge is 0.203 e. The first-order valence-corrected chi connectivity index (χ1v) is 6.14. The molecule has 0 saturated carbocycles. The van der Waals surface area contributed by atoms with Crippen molar-refractivity contribution in [3.05, 3.63) is 31.4 Å². The Morgan fingerprint density at radius 1 is 1.56 bits per heavy atom. The first-order valence-electron chi connectivity index (χ1n) is 4.98. The van der Waals surface area contributed by atoms with Crippen LogP contribution in [0.2, 0.25) is 0 Å². The van der Waals surface area contributed by atoms with Gasteiger partial charge in [-0.15, -0.1) is 16.8 Å². The molecule has 0 aromatic carbocycles. The lowest BCUT2D eigenvalue weighted by Crippen LogP contribution is -2.07. The van der Waals surface area contributed by atoms with Gasteiger partial charge < -0.3 is 5.32 Å². The lowest BCUT2D eigenvalue weighted by molar-refractivity contribution is 1.09. The molecule has 0 aliphatic carbocycles. The van der Waals surface area contributed by atoms with Crippen molar-refractivity contribution < 1.29 is 0 Å². The van der Waals surface area contributed by atoms with Crippen molar-refractivity contribution in [1.82, 2.24) is 19.6 Å². The van der Waals surface area contributed by atoms with E-state index in [1.54, 1.807) is 12.5 Å². The summed E-state index contributed by atoms with van der Waals surface area (Å²) >= 11 is 1.83. The first-order chi connectivity index (χ1) is 7.92. The molecule has 0 aliphatic heterocycles. The van der Waals surface area contributed by atoms with Crippen LogP contribution in [0.5, 0.6) is 0 Å². The maximum atomic E-state index is 4.23. The van der Waals surface area contributed by atoms with Crippen LogP contribution < -0.4 is 5.32 Å². The van der Waals surface area contributed by atoms with Crippen molar-refractivity contribution in [2.45, 2.75) is 0 Å². The van der Waals surface area contributed by atoms with Gasteiger partial charge in [-0.05, 0) is 0 Å². The van der Waals surface area contributed by atoms with Gasteiger partial charge in [0.2, 0.25) is 5.65 Å². The van der Waals surface area contributed by atoms with Crippen LogP contribution in [-0.4, -0.2) is 37.6 Å². The minimum absolute atomic E-state index is 0.760. The highest BCUT2D eigenvalue weighted by Gasteiger charge is 2.02. The Morgan fingerprint density at radius 2 is 2.50 bits per heavy atom. The highest BCUT2D eigenvalue weighted by atomic mass is 32.2. The molecule has 0 radical (unpaired) electrons. The molecule has 0 saturated heterocycles. The maximum absolute atomic E-state index is 4.23. The molecule has 2 heterocycles. The van der Waals surface area contributed by atoms with Gasteiger partial charge >= 0.3 is 0 Å². The Bertz CT molecular complexity index is 467. The zero-order chi connectivity index (χ0) is 11.2. The van der Waals surface area contributed by atoms with E-state index in [-0.39, 0.29) is 0 Å². The van der Waals surface area contributed by atoms with Crippen molar-refractivity contribution in [2.24, 2.45) is 0 Å². The van der Waals surface area contributed by atoms with Gasteiger partial charge in [0.15, 0.2) is 5.82 Å². The van der Waals surface area contributed by atoms with Gasteiger partial charge in [0.25, 0.3) is 0 Å². The number of hydrogen-bond acceptors (Lipinski definition) is 5. The van der Waals surface area contributed by atoms with Gasteiger partial charge in [-0.3, -0.25) is 4.40 Å². The molecule has 1 N–H and O–H groups in total. The summed E-state index contributed by atoms with van der Waals surface area (Å²) < 4.78 is 1.84. The normalized spacial score (nSPS) is 10.5. The Hall–Kier alpha value is -1.56. The summed E-state index contributed by atoms with van der Waals surface area (Å²) in [5.74, 6) is 2.77. The third-order valence-corrected chi connectivity index (χ3v) is 2.95. The van der Waals surface area contributed by atoms with E-state index in [1.165, 1.54) is 0 Å². The third-order valence-electron chi connectivity index (χ3n) is 1.99. The second kappa shape index (κ2) is 5.50. The zero-order valence-electron chi connectivity index (χ0n) is 8.83. The Balaban J connectivity index is 1.93. The van der Waals surface area contributed by atoms with E-state index < -0.39 is 0 Å². The van der Waals surface area contributed by atoms with E-state index in [0.29, 0.717) is 0 Å². The topological polar surface area (TPSA) is 55.1 Å². The van der Waals surface area contributed by atoms with Crippen LogP contribution in [0.4, 0.5) is 5.82 Å². The standard InChI is InChI=1S/C10H13N5S/c1-2-6-16-7-4-12-9-10-14-13-8-15(10)5-3-11-9/h2-3,5,8H,1,4,6-7H2,(H,11,12). The number of thioether (sulfide) groups is 1. The Kier molecular flexibility index (Phi) is 3.76. The van der Waals surface area contributed by atoms with E-state index in [1.807, 2.05) is 28.4 Å². The molecule has 0 fully saturated rings. The van der Waals surface area contributed by atoms with Crippen LogP contribution in [0.3, 0.4) is 0 Å². The predicted molar refractivity (Wildman–Crippen MR) is 66.8 cm³/mol. The van der Waals surface area contributed by atoms with Crippen molar-refractivity contribution in [2.75, 3.05) is 23.4 Å². The van der Waals surface area contributed by atoms with Gasteiger partial charge in [-0.2, -0.15) is 11.8 Å². The van der Waals surface area contributed by atoms with Gasteiger partial charge in [0, 0.05) is 30.4 Å². The van der Waals surface area contributed by atoms with E-state index in [4.69, 9.17) is 0 Å². The number of rotatable bonds is 6. The molecular formula is C10H13N5S. The van der Waals surface area contributed by atoms with Crippen LogP contribution >= 0.6 is 11.8 Å². The van der Waals surface area contributed by atoms with Crippen molar-refractivity contribution >= 4 is 23.2 Å². The molecule has 0 atom stereocenters. The fourth-order valence-corrected chi connectivity index (χ4v) is 1.87. The molecule has 5 nitrogen and oxygen atoms in total. The number of nitrogens with one attached hydrogen (secondary N) is 1. The summed E-state index contributed by atoms with van der Waals surface area (Å²) in [5, 5.41) is 11.1. The molecule has 2 rings (SSSR count). The Labute approximate surface area is 98.0 Å². The van der Waals surface area contributed by atoms with E-state index >= 15 is 0 Å². The van der Waals surface area contributed by atoms with Crippen molar-refractivity contribution in [3.63, 3.8) is 0 Å². The van der Waals surface area contributed by atoms with Crippen LogP contribution in [0.25, 0.3) is 5.65 Å². The number of anilines is 1. The summed E-state index contributed by atoms with van der Waals surface area (Å²) in [6, 6.07) is 0. The highest BCUT2D eigenvalue weighted by Crippen LogP contribution is 2.09. The molecule has 16 heavy (non-hydrogen) atoms. The molecule has 0 bridgehead atoms. The number of aromatic nitrogens is 4. The van der Waals surface area contributed by atoms with Gasteiger partial charge in [-0.25, -0.2) is 4.98 Å². The molecule has 84 valence electrons. The lowest BCUT2D eigenvalue weighted by atomic mass is 10.6. The molecule has 0 aliphatic rings. The molecule has 2 aromatic heterocycles. The molecule has 0 unspecified atom stereocenters. The SMILES string of the molecule is C=CCSCCNc1nccn2cnnc12. The summed E-state index contributed by atoms with van der Waals surface area (Å²) in [6.45, 7) is 4.53. The fourth-order valence-electron chi connectivity index (χ4n) is 1.29. The van der Waals surface area contributed by atoms with Crippen LogP contribution in [0, 0.1) is 0 Å². The molecule has 0 spiro atoms. The van der Waals surface area contributed by atoms with Crippen molar-refractivity contribution in [3.8, 4) is 0 Å². The van der Waals surface area contributed by atoms with Crippen molar-refractivity contribution in [1.29, 1.82) is 0 Å². The van der Waals surface area contributed by atoms with Crippen LogP contribution in [-0.2, 0) is 0 Å². The highest BCUT2D eigenvalue weighted by molar-refractivity contribution is 7.99. The number of nitrogens with zero attached hydrogens (tertiary/aromatic N) is 4. The zero-order valence-corrected chi connectivity index (χ0v) is 9.65. The fraction of sp³-hybridized carbons (Fsp3) is 0.300. The lowest BCUT2D eigenvalue weighted by Gasteiger charge is -2.04. The average molecular weight is 235 g/mol. The summed E-state index contributed by atoms with van der Waals surface area (Å²) in [5.41, 5.74) is 0.760. The molecule has 6 heteroatoms. The first kappa shape index (κ1) is 10.9. The third kappa shape index (κ3) is 2.52. The molecule has 2 aromatic rings. The summed E-state index contributed by atoms with van der Waals surface area (Å²) in [7, 11) is 0. The molecular weight excluding hydrogens is 222 g/mol. The molecule has 0 amide bonds. The maximum Gasteiger partial charge on any atom is 0.203 e. The largest absolute Gasteiger partial charge is 0.366 e. The number of fused-ring (bicyclic) bond motifs is 1. The Morgan fingerprint density at radius 3 is 3.38 bits per heavy atom. The second-order valence-electron chi connectivity index (χ2n) is 3.13. The summed E-state index contributed by atoms with van der Waals surface area (Å²) in [4.78, 5) is 4.23.